The van der Waals surface area contributed by atoms with Crippen molar-refractivity contribution in [3.63, 3.8) is 0 Å². The average molecular weight is 290 g/mol. The Morgan fingerprint density at radius 3 is 2.67 bits per heavy atom. The van der Waals surface area contributed by atoms with Crippen molar-refractivity contribution in [3.8, 4) is 5.75 Å². The van der Waals surface area contributed by atoms with Crippen LogP contribution in [0, 0.1) is 22.9 Å². The minimum absolute atomic E-state index is 0.0789. The summed E-state index contributed by atoms with van der Waals surface area (Å²) in [7, 11) is 1.40. The summed E-state index contributed by atoms with van der Waals surface area (Å²) in [6.45, 7) is 2.06. The van der Waals surface area contributed by atoms with E-state index in [1.54, 1.807) is 25.1 Å². The van der Waals surface area contributed by atoms with Crippen LogP contribution in [0.4, 0.5) is 15.8 Å². The van der Waals surface area contributed by atoms with Crippen LogP contribution in [0.5, 0.6) is 5.75 Å². The summed E-state index contributed by atoms with van der Waals surface area (Å²) in [5.74, 6) is -0.288. The molecule has 2 rings (SSSR count). The van der Waals surface area contributed by atoms with E-state index >= 15 is 0 Å². The second kappa shape index (κ2) is 6.21. The Labute approximate surface area is 121 Å². The second-order valence-corrected chi connectivity index (χ2v) is 4.58. The van der Waals surface area contributed by atoms with Gasteiger partial charge in [-0.3, -0.25) is 10.1 Å². The summed E-state index contributed by atoms with van der Waals surface area (Å²) < 4.78 is 18.4. The van der Waals surface area contributed by atoms with Gasteiger partial charge < -0.3 is 10.1 Å². The highest BCUT2D eigenvalue weighted by atomic mass is 19.1. The van der Waals surface area contributed by atoms with Gasteiger partial charge in [0.05, 0.1) is 12.0 Å². The lowest BCUT2D eigenvalue weighted by atomic mass is 10.1. The highest BCUT2D eigenvalue weighted by molar-refractivity contribution is 5.49. The van der Waals surface area contributed by atoms with Gasteiger partial charge in [0, 0.05) is 29.9 Å². The molecule has 5 nitrogen and oxygen atoms in total. The molecule has 0 saturated carbocycles. The Balaban J connectivity index is 2.11. The lowest BCUT2D eigenvalue weighted by molar-refractivity contribution is -0.385. The molecule has 0 aliphatic heterocycles. The van der Waals surface area contributed by atoms with Crippen LogP contribution in [0.2, 0.25) is 0 Å². The molecule has 0 radical (unpaired) electrons. The molecule has 0 aliphatic carbocycles. The topological polar surface area (TPSA) is 64.4 Å². The second-order valence-electron chi connectivity index (χ2n) is 4.58. The first kappa shape index (κ1) is 14.8. The molecule has 1 N–H and O–H groups in total. The molecule has 2 aromatic rings. The maximum atomic E-state index is 13.5. The number of nitro benzene ring substituents is 1. The van der Waals surface area contributed by atoms with Crippen molar-refractivity contribution < 1.29 is 14.1 Å². The molecule has 110 valence electrons. The third-order valence-electron chi connectivity index (χ3n) is 3.12. The van der Waals surface area contributed by atoms with Crippen LogP contribution in [-0.4, -0.2) is 12.0 Å². The zero-order chi connectivity index (χ0) is 15.4. The first-order chi connectivity index (χ1) is 10.0. The minimum atomic E-state index is -0.461. The van der Waals surface area contributed by atoms with Gasteiger partial charge in [0.1, 0.15) is 0 Å². The van der Waals surface area contributed by atoms with Gasteiger partial charge in [-0.15, -0.1) is 0 Å². The van der Waals surface area contributed by atoms with Crippen molar-refractivity contribution in [2.75, 3.05) is 12.4 Å². The van der Waals surface area contributed by atoms with Gasteiger partial charge in [0.2, 0.25) is 0 Å². The smallest absolute Gasteiger partial charge is 0.272 e. The average Bonchev–Trinajstić information content (AvgIpc) is 2.46. The number of hydrogen-bond acceptors (Lipinski definition) is 4. The molecular weight excluding hydrogens is 275 g/mol. The summed E-state index contributed by atoms with van der Waals surface area (Å²) >= 11 is 0. The summed E-state index contributed by atoms with van der Waals surface area (Å²) in [6, 6.07) is 9.54. The lowest BCUT2D eigenvalue weighted by Crippen LogP contribution is -2.01. The van der Waals surface area contributed by atoms with Gasteiger partial charge in [0.25, 0.3) is 5.69 Å². The van der Waals surface area contributed by atoms with Crippen molar-refractivity contribution in [1.29, 1.82) is 0 Å². The number of nitro groups is 1. The summed E-state index contributed by atoms with van der Waals surface area (Å²) in [5, 5.41) is 13.9. The van der Waals surface area contributed by atoms with E-state index in [2.05, 4.69) is 5.32 Å². The molecule has 0 aliphatic rings. The quantitative estimate of drug-likeness (QED) is 0.674. The molecule has 2 aromatic carbocycles. The van der Waals surface area contributed by atoms with Crippen LogP contribution in [0.3, 0.4) is 0 Å². The predicted molar refractivity (Wildman–Crippen MR) is 78.1 cm³/mol. The van der Waals surface area contributed by atoms with Crippen LogP contribution in [-0.2, 0) is 6.54 Å². The van der Waals surface area contributed by atoms with E-state index < -0.39 is 10.7 Å². The summed E-state index contributed by atoms with van der Waals surface area (Å²) in [4.78, 5) is 10.5. The van der Waals surface area contributed by atoms with Gasteiger partial charge >= 0.3 is 0 Å². The van der Waals surface area contributed by atoms with Crippen LogP contribution in [0.15, 0.2) is 36.4 Å². The summed E-state index contributed by atoms with van der Waals surface area (Å²) in [6.07, 6.45) is 0. The van der Waals surface area contributed by atoms with Gasteiger partial charge in [-0.05, 0) is 24.6 Å². The molecule has 21 heavy (non-hydrogen) atoms. The van der Waals surface area contributed by atoms with Gasteiger partial charge in [-0.1, -0.05) is 12.1 Å². The number of halogens is 1. The lowest BCUT2D eigenvalue weighted by Gasteiger charge is -2.09. The van der Waals surface area contributed by atoms with Crippen molar-refractivity contribution >= 4 is 11.4 Å². The van der Waals surface area contributed by atoms with Crippen molar-refractivity contribution in [2.45, 2.75) is 13.5 Å². The molecular formula is C15H15FN2O3. The monoisotopic (exact) mass is 290 g/mol. The normalized spacial score (nSPS) is 10.2. The third kappa shape index (κ3) is 3.47. The minimum Gasteiger partial charge on any atom is -0.494 e. The maximum absolute atomic E-state index is 13.5. The number of hydrogen-bond donors (Lipinski definition) is 1. The van der Waals surface area contributed by atoms with E-state index in [0.29, 0.717) is 17.8 Å². The SMILES string of the molecule is COc1ccc(NCc2ccc(C)c([N+](=O)[O-])c2)cc1F. The van der Waals surface area contributed by atoms with E-state index in [1.807, 2.05) is 0 Å². The molecule has 0 fully saturated rings. The first-order valence-electron chi connectivity index (χ1n) is 6.32. The van der Waals surface area contributed by atoms with Gasteiger partial charge in [0.15, 0.2) is 11.6 Å². The van der Waals surface area contributed by atoms with Crippen molar-refractivity contribution in [2.24, 2.45) is 0 Å². The third-order valence-corrected chi connectivity index (χ3v) is 3.12. The Morgan fingerprint density at radius 1 is 1.29 bits per heavy atom. The molecule has 0 heterocycles. The number of methoxy groups -OCH3 is 1. The van der Waals surface area contributed by atoms with E-state index in [0.717, 1.165) is 5.56 Å². The van der Waals surface area contributed by atoms with Crippen LogP contribution >= 0.6 is 0 Å². The fraction of sp³-hybridized carbons (Fsp3) is 0.200. The zero-order valence-corrected chi connectivity index (χ0v) is 11.7. The Morgan fingerprint density at radius 2 is 2.05 bits per heavy atom. The fourth-order valence-electron chi connectivity index (χ4n) is 1.94. The van der Waals surface area contributed by atoms with Crippen molar-refractivity contribution in [1.82, 2.24) is 0 Å². The molecule has 0 saturated heterocycles. The fourth-order valence-corrected chi connectivity index (χ4v) is 1.94. The van der Waals surface area contributed by atoms with Crippen LogP contribution < -0.4 is 10.1 Å². The highest BCUT2D eigenvalue weighted by Gasteiger charge is 2.11. The molecule has 0 spiro atoms. The number of nitrogens with zero attached hydrogens (tertiary/aromatic N) is 1. The van der Waals surface area contributed by atoms with E-state index in [4.69, 9.17) is 4.74 Å². The maximum Gasteiger partial charge on any atom is 0.272 e. The Bertz CT molecular complexity index is 674. The number of rotatable bonds is 5. The Hall–Kier alpha value is -2.63. The number of nitrogens with one attached hydrogen (secondary N) is 1. The number of benzene rings is 2. The van der Waals surface area contributed by atoms with E-state index in [-0.39, 0.29) is 11.4 Å². The van der Waals surface area contributed by atoms with Gasteiger partial charge in [-0.25, -0.2) is 4.39 Å². The molecule has 0 amide bonds. The van der Waals surface area contributed by atoms with Crippen molar-refractivity contribution in [3.05, 3.63) is 63.5 Å². The highest BCUT2D eigenvalue weighted by Crippen LogP contribution is 2.22. The van der Waals surface area contributed by atoms with Crippen LogP contribution in [0.1, 0.15) is 11.1 Å². The van der Waals surface area contributed by atoms with Gasteiger partial charge in [-0.2, -0.15) is 0 Å². The summed E-state index contributed by atoms with van der Waals surface area (Å²) in [5.41, 5.74) is 2.02. The number of anilines is 1. The van der Waals surface area contributed by atoms with Crippen LogP contribution in [0.25, 0.3) is 0 Å². The first-order valence-corrected chi connectivity index (χ1v) is 6.32. The van der Waals surface area contributed by atoms with E-state index in [9.17, 15) is 14.5 Å². The molecule has 0 bridgehead atoms. The Kier molecular flexibility index (Phi) is 4.37. The molecule has 0 aromatic heterocycles. The number of aryl methyl sites for hydroxylation is 1. The largest absolute Gasteiger partial charge is 0.494 e. The standard InChI is InChI=1S/C15H15FN2O3/c1-10-3-4-11(7-14(10)18(19)20)9-17-12-5-6-15(21-2)13(16)8-12/h3-8,17H,9H2,1-2H3. The zero-order valence-electron chi connectivity index (χ0n) is 11.7. The molecule has 6 heteroatoms. The molecule has 0 atom stereocenters. The number of ether oxygens (including phenoxy) is 1. The molecule has 0 unspecified atom stereocenters. The predicted octanol–water partition coefficient (Wildman–Crippen LogP) is 3.66. The van der Waals surface area contributed by atoms with E-state index in [1.165, 1.54) is 25.3 Å².